The molecule has 3 nitrogen and oxygen atoms in total. The number of piperazine rings is 1. The summed E-state index contributed by atoms with van der Waals surface area (Å²) >= 11 is 0. The molecule has 1 aromatic heterocycles. The molecule has 1 aliphatic heterocycles. The first-order valence-electron chi connectivity index (χ1n) is 9.30. The summed E-state index contributed by atoms with van der Waals surface area (Å²) in [6, 6.07) is 20.5. The van der Waals surface area contributed by atoms with Crippen molar-refractivity contribution < 1.29 is 0 Å². The largest absolute Gasteiger partial charge is 0.348 e. The van der Waals surface area contributed by atoms with Crippen LogP contribution in [0.4, 0.5) is 0 Å². The molecule has 0 N–H and O–H groups in total. The van der Waals surface area contributed by atoms with Gasteiger partial charge in [-0.1, -0.05) is 42.5 Å². The number of hydrogen-bond donors (Lipinski definition) is 0. The minimum atomic E-state index is 0.484. The van der Waals surface area contributed by atoms with Crippen molar-refractivity contribution >= 4 is 10.9 Å². The van der Waals surface area contributed by atoms with Gasteiger partial charge in [-0.25, -0.2) is 0 Å². The molecule has 25 heavy (non-hydrogen) atoms. The van der Waals surface area contributed by atoms with Crippen molar-refractivity contribution in [2.24, 2.45) is 0 Å². The lowest BCUT2D eigenvalue weighted by Crippen LogP contribution is -2.46. The van der Waals surface area contributed by atoms with Crippen LogP contribution in [-0.4, -0.2) is 41.0 Å². The van der Waals surface area contributed by atoms with Gasteiger partial charge in [-0.3, -0.25) is 9.80 Å². The first-order valence-corrected chi connectivity index (χ1v) is 9.30. The van der Waals surface area contributed by atoms with Crippen molar-refractivity contribution in [1.82, 2.24) is 14.4 Å². The average molecular weight is 333 g/mol. The number of aromatic nitrogens is 1. The zero-order chi connectivity index (χ0) is 17.2. The third kappa shape index (κ3) is 3.35. The van der Waals surface area contributed by atoms with Crippen LogP contribution in [0.2, 0.25) is 0 Å². The molecule has 0 spiro atoms. The quantitative estimate of drug-likeness (QED) is 0.710. The van der Waals surface area contributed by atoms with E-state index in [0.29, 0.717) is 6.04 Å². The molecule has 2 heterocycles. The van der Waals surface area contributed by atoms with Gasteiger partial charge in [-0.15, -0.1) is 0 Å². The molecule has 0 amide bonds. The second-order valence-electron chi connectivity index (χ2n) is 7.14. The van der Waals surface area contributed by atoms with E-state index in [1.807, 2.05) is 0 Å². The summed E-state index contributed by atoms with van der Waals surface area (Å²) in [5.41, 5.74) is 4.19. The fourth-order valence-corrected chi connectivity index (χ4v) is 3.97. The van der Waals surface area contributed by atoms with E-state index in [1.54, 1.807) is 0 Å². The highest BCUT2D eigenvalue weighted by Crippen LogP contribution is 2.25. The summed E-state index contributed by atoms with van der Waals surface area (Å²) in [6.07, 6.45) is 2.19. The van der Waals surface area contributed by atoms with Crippen molar-refractivity contribution in [2.75, 3.05) is 26.7 Å². The molecular weight excluding hydrogens is 306 g/mol. The van der Waals surface area contributed by atoms with E-state index in [0.717, 1.165) is 32.7 Å². The lowest BCUT2D eigenvalue weighted by atomic mass is 10.0. The normalized spacial score (nSPS) is 19.5. The van der Waals surface area contributed by atoms with Crippen molar-refractivity contribution in [3.8, 4) is 0 Å². The van der Waals surface area contributed by atoms with Gasteiger partial charge in [-0.2, -0.15) is 0 Å². The SMILES string of the molecule is CCn1ccc2ccc(CN3CCN(C)[C@H](c4ccccc4)C3)cc21. The molecule has 1 fully saturated rings. The Labute approximate surface area is 150 Å². The Morgan fingerprint density at radius 3 is 2.64 bits per heavy atom. The number of aryl methyl sites for hydroxylation is 1. The van der Waals surface area contributed by atoms with Crippen LogP contribution >= 0.6 is 0 Å². The lowest BCUT2D eigenvalue weighted by Gasteiger charge is -2.39. The third-order valence-corrected chi connectivity index (χ3v) is 5.50. The Morgan fingerprint density at radius 1 is 1.00 bits per heavy atom. The van der Waals surface area contributed by atoms with E-state index >= 15 is 0 Å². The highest BCUT2D eigenvalue weighted by molar-refractivity contribution is 5.80. The molecule has 130 valence electrons. The van der Waals surface area contributed by atoms with Crippen LogP contribution in [0, 0.1) is 0 Å². The van der Waals surface area contributed by atoms with E-state index in [9.17, 15) is 0 Å². The van der Waals surface area contributed by atoms with Crippen LogP contribution in [0.3, 0.4) is 0 Å². The van der Waals surface area contributed by atoms with Crippen LogP contribution < -0.4 is 0 Å². The minimum absolute atomic E-state index is 0.484. The Balaban J connectivity index is 1.52. The number of fused-ring (bicyclic) bond motifs is 1. The summed E-state index contributed by atoms with van der Waals surface area (Å²) in [7, 11) is 2.25. The van der Waals surface area contributed by atoms with Crippen molar-refractivity contribution in [3.63, 3.8) is 0 Å². The average Bonchev–Trinajstić information content (AvgIpc) is 3.06. The number of benzene rings is 2. The summed E-state index contributed by atoms with van der Waals surface area (Å²) < 4.78 is 2.33. The molecule has 0 radical (unpaired) electrons. The van der Waals surface area contributed by atoms with E-state index in [1.165, 1.54) is 22.0 Å². The molecule has 4 rings (SSSR count). The lowest BCUT2D eigenvalue weighted by molar-refractivity contribution is 0.0905. The van der Waals surface area contributed by atoms with Gasteiger partial charge in [0, 0.05) is 50.5 Å². The first kappa shape index (κ1) is 16.4. The smallest absolute Gasteiger partial charge is 0.0483 e. The van der Waals surface area contributed by atoms with Gasteiger partial charge in [0.25, 0.3) is 0 Å². The van der Waals surface area contributed by atoms with Gasteiger partial charge in [0.05, 0.1) is 0 Å². The molecular formula is C22H27N3. The Hall–Kier alpha value is -2.10. The number of rotatable bonds is 4. The van der Waals surface area contributed by atoms with Crippen molar-refractivity contribution in [3.05, 3.63) is 71.9 Å². The first-order chi connectivity index (χ1) is 12.2. The maximum Gasteiger partial charge on any atom is 0.0483 e. The second-order valence-corrected chi connectivity index (χ2v) is 7.14. The minimum Gasteiger partial charge on any atom is -0.348 e. The maximum absolute atomic E-state index is 2.60. The predicted molar refractivity (Wildman–Crippen MR) is 105 cm³/mol. The van der Waals surface area contributed by atoms with Crippen molar-refractivity contribution in [2.45, 2.75) is 26.1 Å². The summed E-state index contributed by atoms with van der Waals surface area (Å²) in [5, 5.41) is 1.34. The number of likely N-dealkylation sites (N-methyl/N-ethyl adjacent to an activating group) is 1. The zero-order valence-electron chi connectivity index (χ0n) is 15.2. The summed E-state index contributed by atoms with van der Waals surface area (Å²) in [5.74, 6) is 0. The second kappa shape index (κ2) is 7.03. The predicted octanol–water partition coefficient (Wildman–Crippen LogP) is 4.15. The van der Waals surface area contributed by atoms with E-state index in [2.05, 4.69) is 89.1 Å². The van der Waals surface area contributed by atoms with E-state index in [-0.39, 0.29) is 0 Å². The molecule has 3 heteroatoms. The molecule has 0 aliphatic carbocycles. The van der Waals surface area contributed by atoms with Crippen LogP contribution in [0.5, 0.6) is 0 Å². The zero-order valence-corrected chi connectivity index (χ0v) is 15.2. The van der Waals surface area contributed by atoms with Crippen LogP contribution in [0.15, 0.2) is 60.8 Å². The van der Waals surface area contributed by atoms with Crippen LogP contribution in [0.1, 0.15) is 24.1 Å². The highest BCUT2D eigenvalue weighted by atomic mass is 15.3. The summed E-state index contributed by atoms with van der Waals surface area (Å²) in [4.78, 5) is 5.08. The van der Waals surface area contributed by atoms with Gasteiger partial charge in [0.15, 0.2) is 0 Å². The third-order valence-electron chi connectivity index (χ3n) is 5.50. The highest BCUT2D eigenvalue weighted by Gasteiger charge is 2.25. The Kier molecular flexibility index (Phi) is 4.60. The Bertz CT molecular complexity index is 837. The topological polar surface area (TPSA) is 11.4 Å². The number of hydrogen-bond acceptors (Lipinski definition) is 2. The van der Waals surface area contributed by atoms with E-state index < -0.39 is 0 Å². The van der Waals surface area contributed by atoms with Crippen LogP contribution in [-0.2, 0) is 13.1 Å². The molecule has 3 aromatic rings. The van der Waals surface area contributed by atoms with Crippen molar-refractivity contribution in [1.29, 1.82) is 0 Å². The standard InChI is InChI=1S/C22H27N3/c1-3-25-12-11-20-10-9-18(15-21(20)25)16-24-14-13-23(2)22(17-24)19-7-5-4-6-8-19/h4-12,15,22H,3,13-14,16-17H2,1-2H3/t22-/m0/s1. The van der Waals surface area contributed by atoms with Gasteiger partial charge in [-0.05, 0) is 42.6 Å². The molecule has 0 saturated carbocycles. The van der Waals surface area contributed by atoms with E-state index in [4.69, 9.17) is 0 Å². The molecule has 0 unspecified atom stereocenters. The monoisotopic (exact) mass is 333 g/mol. The van der Waals surface area contributed by atoms with Gasteiger partial charge >= 0.3 is 0 Å². The Morgan fingerprint density at radius 2 is 1.84 bits per heavy atom. The molecule has 0 bridgehead atoms. The van der Waals surface area contributed by atoms with Gasteiger partial charge in [0.1, 0.15) is 0 Å². The fraction of sp³-hybridized carbons (Fsp3) is 0.364. The molecule has 1 atom stereocenters. The summed E-state index contributed by atoms with van der Waals surface area (Å²) in [6.45, 7) is 7.60. The maximum atomic E-state index is 2.60. The molecule has 2 aromatic carbocycles. The molecule has 1 saturated heterocycles. The van der Waals surface area contributed by atoms with Crippen LogP contribution in [0.25, 0.3) is 10.9 Å². The van der Waals surface area contributed by atoms with Gasteiger partial charge in [0.2, 0.25) is 0 Å². The molecule has 1 aliphatic rings. The number of nitrogens with zero attached hydrogens (tertiary/aromatic N) is 3. The fourth-order valence-electron chi connectivity index (χ4n) is 3.97. The van der Waals surface area contributed by atoms with Gasteiger partial charge < -0.3 is 4.57 Å².